The van der Waals surface area contributed by atoms with Crippen LogP contribution in [-0.2, 0) is 19.9 Å². The summed E-state index contributed by atoms with van der Waals surface area (Å²) >= 11 is 0. The number of benzene rings is 1. The average molecular weight is 343 g/mol. The maximum Gasteiger partial charge on any atom is 0.243 e. The number of H-pyrrole nitrogens is 1. The number of nitrogens with one attached hydrogen (secondary N) is 1. The first-order chi connectivity index (χ1) is 10.3. The van der Waals surface area contributed by atoms with Gasteiger partial charge in [0.05, 0.1) is 33.8 Å². The highest BCUT2D eigenvalue weighted by Crippen LogP contribution is 2.26. The molecule has 7 nitrogen and oxygen atoms in total. The first-order valence-corrected chi connectivity index (χ1v) is 10.2. The topological polar surface area (TPSA) is 100 Å². The lowest BCUT2D eigenvalue weighted by Crippen LogP contribution is -2.40. The second-order valence-corrected chi connectivity index (χ2v) is 9.47. The molecule has 1 aliphatic heterocycles. The first-order valence-electron chi connectivity index (χ1n) is 6.99. The largest absolute Gasteiger partial charge is 0.345 e. The van der Waals surface area contributed by atoms with Crippen molar-refractivity contribution >= 4 is 30.9 Å². The molecule has 9 heteroatoms. The molecular formula is C13H17N3O4S2. The molecular weight excluding hydrogens is 326 g/mol. The Morgan fingerprint density at radius 1 is 1.41 bits per heavy atom. The SMILES string of the molecule is CCN(C1CCS(=O)(=O)C1)S(=O)(=O)c1ccc2nc[nH]c2c1. The third-order valence-corrected chi connectivity index (χ3v) is 7.70. The van der Waals surface area contributed by atoms with E-state index in [2.05, 4.69) is 9.97 Å². The Labute approximate surface area is 129 Å². The Morgan fingerprint density at radius 3 is 2.82 bits per heavy atom. The molecule has 0 amide bonds. The van der Waals surface area contributed by atoms with Crippen molar-refractivity contribution in [1.29, 1.82) is 0 Å². The van der Waals surface area contributed by atoms with Gasteiger partial charge in [0.1, 0.15) is 0 Å². The molecule has 1 saturated heterocycles. The highest BCUT2D eigenvalue weighted by atomic mass is 32.2. The monoisotopic (exact) mass is 343 g/mol. The third-order valence-electron chi connectivity index (χ3n) is 3.93. The number of hydrogen-bond acceptors (Lipinski definition) is 5. The molecule has 1 unspecified atom stereocenters. The third kappa shape index (κ3) is 2.64. The maximum absolute atomic E-state index is 12.8. The van der Waals surface area contributed by atoms with E-state index in [0.717, 1.165) is 0 Å². The van der Waals surface area contributed by atoms with Crippen molar-refractivity contribution < 1.29 is 16.8 Å². The van der Waals surface area contributed by atoms with Crippen molar-refractivity contribution in [2.75, 3.05) is 18.1 Å². The van der Waals surface area contributed by atoms with E-state index in [1.165, 1.54) is 22.8 Å². The van der Waals surface area contributed by atoms with Crippen LogP contribution in [0.25, 0.3) is 11.0 Å². The van der Waals surface area contributed by atoms with E-state index in [-0.39, 0.29) is 22.9 Å². The predicted octanol–water partition coefficient (Wildman–Crippen LogP) is 0.761. The van der Waals surface area contributed by atoms with E-state index in [9.17, 15) is 16.8 Å². The van der Waals surface area contributed by atoms with Gasteiger partial charge in [-0.3, -0.25) is 0 Å². The van der Waals surface area contributed by atoms with Crippen LogP contribution in [0.15, 0.2) is 29.4 Å². The van der Waals surface area contributed by atoms with E-state index >= 15 is 0 Å². The van der Waals surface area contributed by atoms with Gasteiger partial charge < -0.3 is 4.98 Å². The molecule has 1 atom stereocenters. The lowest BCUT2D eigenvalue weighted by molar-refractivity contribution is 0.354. The smallest absolute Gasteiger partial charge is 0.243 e. The van der Waals surface area contributed by atoms with Gasteiger partial charge in [0, 0.05) is 12.6 Å². The fraction of sp³-hybridized carbons (Fsp3) is 0.462. The zero-order valence-electron chi connectivity index (χ0n) is 12.1. The Bertz CT molecular complexity index is 902. The molecule has 2 aromatic rings. The van der Waals surface area contributed by atoms with Crippen molar-refractivity contribution in [1.82, 2.24) is 14.3 Å². The zero-order valence-corrected chi connectivity index (χ0v) is 13.7. The van der Waals surface area contributed by atoms with Crippen LogP contribution in [0.2, 0.25) is 0 Å². The van der Waals surface area contributed by atoms with Crippen molar-refractivity contribution in [2.45, 2.75) is 24.3 Å². The molecule has 0 saturated carbocycles. The zero-order chi connectivity index (χ0) is 16.0. The fourth-order valence-corrected chi connectivity index (χ4v) is 6.35. The summed E-state index contributed by atoms with van der Waals surface area (Å²) in [7, 11) is -6.87. The van der Waals surface area contributed by atoms with E-state index < -0.39 is 25.9 Å². The minimum Gasteiger partial charge on any atom is -0.345 e. The van der Waals surface area contributed by atoms with Crippen LogP contribution < -0.4 is 0 Å². The number of nitrogens with zero attached hydrogens (tertiary/aromatic N) is 2. The summed E-state index contributed by atoms with van der Waals surface area (Å²) in [5, 5.41) is 0. The second-order valence-electron chi connectivity index (χ2n) is 5.35. The molecule has 1 N–H and O–H groups in total. The van der Waals surface area contributed by atoms with E-state index in [1.54, 1.807) is 13.0 Å². The number of hydrogen-bond donors (Lipinski definition) is 1. The van der Waals surface area contributed by atoms with Gasteiger partial charge in [0.2, 0.25) is 10.0 Å². The summed E-state index contributed by atoms with van der Waals surface area (Å²) < 4.78 is 50.2. The molecule has 0 spiro atoms. The fourth-order valence-electron chi connectivity index (χ4n) is 2.84. The van der Waals surface area contributed by atoms with Crippen LogP contribution in [0.4, 0.5) is 0 Å². The first kappa shape index (κ1) is 15.4. The van der Waals surface area contributed by atoms with Gasteiger partial charge in [-0.15, -0.1) is 0 Å². The molecule has 0 radical (unpaired) electrons. The molecule has 2 heterocycles. The van der Waals surface area contributed by atoms with Crippen LogP contribution in [0, 0.1) is 0 Å². The molecule has 120 valence electrons. The van der Waals surface area contributed by atoms with Gasteiger partial charge >= 0.3 is 0 Å². The summed E-state index contributed by atoms with van der Waals surface area (Å²) in [4.78, 5) is 7.09. The van der Waals surface area contributed by atoms with E-state index in [0.29, 0.717) is 17.5 Å². The van der Waals surface area contributed by atoms with Crippen LogP contribution in [0.5, 0.6) is 0 Å². The molecule has 1 aliphatic rings. The Hall–Kier alpha value is -1.45. The number of imidazole rings is 1. The van der Waals surface area contributed by atoms with E-state index in [4.69, 9.17) is 0 Å². The Balaban J connectivity index is 1.99. The normalized spacial score (nSPS) is 21.6. The van der Waals surface area contributed by atoms with Crippen molar-refractivity contribution in [2.24, 2.45) is 0 Å². The maximum atomic E-state index is 12.8. The molecule has 3 rings (SSSR count). The highest BCUT2D eigenvalue weighted by molar-refractivity contribution is 7.92. The number of sulfonamides is 1. The summed E-state index contributed by atoms with van der Waals surface area (Å²) in [6.07, 6.45) is 1.85. The molecule has 0 aliphatic carbocycles. The molecule has 22 heavy (non-hydrogen) atoms. The molecule has 1 fully saturated rings. The summed E-state index contributed by atoms with van der Waals surface area (Å²) in [6.45, 7) is 1.96. The lowest BCUT2D eigenvalue weighted by atomic mass is 10.3. The van der Waals surface area contributed by atoms with Gasteiger partial charge in [-0.2, -0.15) is 4.31 Å². The van der Waals surface area contributed by atoms with Gasteiger partial charge in [-0.1, -0.05) is 6.92 Å². The van der Waals surface area contributed by atoms with Gasteiger partial charge in [0.15, 0.2) is 9.84 Å². The number of rotatable bonds is 4. The molecule has 1 aromatic heterocycles. The Kier molecular flexibility index (Phi) is 3.74. The van der Waals surface area contributed by atoms with Crippen molar-refractivity contribution in [3.8, 4) is 0 Å². The van der Waals surface area contributed by atoms with Crippen LogP contribution in [0.3, 0.4) is 0 Å². The highest BCUT2D eigenvalue weighted by Gasteiger charge is 2.37. The van der Waals surface area contributed by atoms with Gasteiger partial charge in [0.25, 0.3) is 0 Å². The lowest BCUT2D eigenvalue weighted by Gasteiger charge is -2.25. The quantitative estimate of drug-likeness (QED) is 0.883. The minimum atomic E-state index is -3.73. The predicted molar refractivity (Wildman–Crippen MR) is 82.7 cm³/mol. The number of aromatic nitrogens is 2. The number of sulfone groups is 1. The van der Waals surface area contributed by atoms with Crippen molar-refractivity contribution in [3.63, 3.8) is 0 Å². The van der Waals surface area contributed by atoms with Crippen molar-refractivity contribution in [3.05, 3.63) is 24.5 Å². The molecule has 0 bridgehead atoms. The minimum absolute atomic E-state index is 0.0449. The summed E-state index contributed by atoms with van der Waals surface area (Å²) in [5.74, 6) is -0.0599. The standard InChI is InChI=1S/C13H17N3O4S2/c1-2-16(10-5-6-21(17,18)8-10)22(19,20)11-3-4-12-13(7-11)15-9-14-12/h3-4,7,9-10H,2,5-6,8H2,1H3,(H,14,15). The van der Waals surface area contributed by atoms with Crippen LogP contribution >= 0.6 is 0 Å². The van der Waals surface area contributed by atoms with Gasteiger partial charge in [-0.25, -0.2) is 21.8 Å². The second kappa shape index (κ2) is 5.32. The van der Waals surface area contributed by atoms with Gasteiger partial charge in [-0.05, 0) is 24.6 Å². The number of fused-ring (bicyclic) bond motifs is 1. The average Bonchev–Trinajstić information content (AvgIpc) is 3.04. The van der Waals surface area contributed by atoms with Crippen LogP contribution in [0.1, 0.15) is 13.3 Å². The summed E-state index contributed by atoms with van der Waals surface area (Å²) in [6, 6.07) is 4.18. The van der Waals surface area contributed by atoms with E-state index in [1.807, 2.05) is 0 Å². The molecule has 1 aromatic carbocycles. The van der Waals surface area contributed by atoms with Crippen LogP contribution in [-0.4, -0.2) is 55.2 Å². The summed E-state index contributed by atoms with van der Waals surface area (Å²) in [5.41, 5.74) is 1.32. The Morgan fingerprint density at radius 2 is 2.18 bits per heavy atom. The number of aromatic amines is 1.